The highest BCUT2D eigenvalue weighted by atomic mass is 31.2. The molecule has 0 fully saturated rings. The summed E-state index contributed by atoms with van der Waals surface area (Å²) >= 11 is 0. The summed E-state index contributed by atoms with van der Waals surface area (Å²) < 4.78 is 15.5. The molecule has 1 aromatic heterocycles. The number of hydrogen-bond donors (Lipinski definition) is 10. The molecule has 226 valence electrons. The molecule has 5 atom stereocenters. The van der Waals surface area contributed by atoms with Crippen molar-refractivity contribution in [1.82, 2.24) is 31.2 Å². The number of nitrogens with two attached hydrogens (primary N) is 2. The van der Waals surface area contributed by atoms with E-state index in [0.29, 0.717) is 5.69 Å². The molecule has 19 heteroatoms. The summed E-state index contributed by atoms with van der Waals surface area (Å²) in [5, 5.41) is 19.1. The minimum atomic E-state index is -5.06. The molecule has 0 bridgehead atoms. The maximum atomic E-state index is 13.2. The van der Waals surface area contributed by atoms with Gasteiger partial charge in [0.05, 0.1) is 25.6 Å². The van der Waals surface area contributed by atoms with Gasteiger partial charge in [-0.1, -0.05) is 13.8 Å². The van der Waals surface area contributed by atoms with Gasteiger partial charge in [-0.25, -0.2) is 9.55 Å². The van der Waals surface area contributed by atoms with Gasteiger partial charge in [0.25, 0.3) is 0 Å². The summed E-state index contributed by atoms with van der Waals surface area (Å²) in [4.78, 5) is 87.1. The van der Waals surface area contributed by atoms with Crippen LogP contribution >= 0.6 is 7.82 Å². The van der Waals surface area contributed by atoms with E-state index in [9.17, 15) is 33.6 Å². The monoisotopic (exact) mass is 592 g/mol. The molecule has 18 nitrogen and oxygen atoms in total. The number of rotatable bonds is 17. The third-order valence-corrected chi connectivity index (χ3v) is 5.96. The Bertz CT molecular complexity index is 1060. The Labute approximate surface area is 229 Å². The number of amides is 5. The summed E-state index contributed by atoms with van der Waals surface area (Å²) in [6.07, 6.45) is 1.24. The molecule has 0 radical (unpaired) electrons. The zero-order chi connectivity index (χ0) is 30.6. The van der Waals surface area contributed by atoms with Gasteiger partial charge in [-0.15, -0.1) is 0 Å². The van der Waals surface area contributed by atoms with Crippen LogP contribution < -0.4 is 32.7 Å². The van der Waals surface area contributed by atoms with Crippen molar-refractivity contribution in [2.24, 2.45) is 17.4 Å². The van der Waals surface area contributed by atoms with Crippen LogP contribution in [0.3, 0.4) is 0 Å². The molecule has 0 unspecified atom stereocenters. The lowest BCUT2D eigenvalue weighted by Crippen LogP contribution is -2.60. The van der Waals surface area contributed by atoms with E-state index < -0.39 is 74.2 Å². The van der Waals surface area contributed by atoms with Gasteiger partial charge in [0.1, 0.15) is 24.2 Å². The van der Waals surface area contributed by atoms with Crippen molar-refractivity contribution in [1.29, 1.82) is 0 Å². The van der Waals surface area contributed by atoms with Gasteiger partial charge < -0.3 is 52.6 Å². The van der Waals surface area contributed by atoms with E-state index in [-0.39, 0.29) is 25.3 Å². The molecule has 5 amide bonds. The Hall–Kier alpha value is -3.41. The lowest BCUT2D eigenvalue weighted by molar-refractivity contribution is -0.135. The van der Waals surface area contributed by atoms with Crippen LogP contribution in [0.15, 0.2) is 12.5 Å². The van der Waals surface area contributed by atoms with Crippen LogP contribution in [0, 0.1) is 5.92 Å². The Morgan fingerprint density at radius 2 is 1.57 bits per heavy atom. The number of phosphoric acid groups is 1. The van der Waals surface area contributed by atoms with Gasteiger partial charge in [-0.05, 0) is 19.3 Å². The average molecular weight is 593 g/mol. The number of phosphoric ester groups is 1. The summed E-state index contributed by atoms with van der Waals surface area (Å²) in [6, 6.07) is -5.78. The second-order valence-corrected chi connectivity index (χ2v) is 10.4. The highest BCUT2D eigenvalue weighted by Crippen LogP contribution is 2.38. The number of carbonyl (C=O) groups excluding carboxylic acids is 5. The molecule has 0 spiro atoms. The van der Waals surface area contributed by atoms with Crippen LogP contribution in [0.4, 0.5) is 0 Å². The fourth-order valence-electron chi connectivity index (χ4n) is 3.47. The predicted molar refractivity (Wildman–Crippen MR) is 137 cm³/mol. The molecule has 0 aliphatic rings. The van der Waals surface area contributed by atoms with Crippen LogP contribution in [0.1, 0.15) is 32.9 Å². The summed E-state index contributed by atoms with van der Waals surface area (Å²) in [7, 11) is -5.06. The average Bonchev–Trinajstić information content (AvgIpc) is 3.36. The number of hydrogen-bond acceptors (Lipinski definition) is 10. The van der Waals surface area contributed by atoms with Gasteiger partial charge in [0, 0.05) is 18.3 Å². The van der Waals surface area contributed by atoms with E-state index in [1.165, 1.54) is 12.5 Å². The smallest absolute Gasteiger partial charge is 0.394 e. The summed E-state index contributed by atoms with van der Waals surface area (Å²) in [5.41, 5.74) is 11.0. The first-order valence-corrected chi connectivity index (χ1v) is 13.6. The third kappa shape index (κ3) is 12.2. The van der Waals surface area contributed by atoms with Crippen LogP contribution in [-0.4, -0.2) is 97.8 Å². The molecule has 0 saturated carbocycles. The fraction of sp³-hybridized carbons (Fsp3) is 0.619. The topological polar surface area (TPSA) is 301 Å². The number of aliphatic hydroxyl groups is 1. The van der Waals surface area contributed by atoms with Gasteiger partial charge in [-0.2, -0.15) is 0 Å². The molecule has 0 aromatic carbocycles. The van der Waals surface area contributed by atoms with Crippen molar-refractivity contribution in [3.05, 3.63) is 18.2 Å². The lowest BCUT2D eigenvalue weighted by Gasteiger charge is -2.27. The van der Waals surface area contributed by atoms with Gasteiger partial charge in [-0.3, -0.25) is 28.5 Å². The molecular weight excluding hydrogens is 555 g/mol. The first-order chi connectivity index (χ1) is 18.6. The maximum absolute atomic E-state index is 13.2. The Balaban J connectivity index is 3.10. The Kier molecular flexibility index (Phi) is 13.8. The Morgan fingerprint density at radius 3 is 2.05 bits per heavy atom. The van der Waals surface area contributed by atoms with E-state index in [1.54, 1.807) is 0 Å². The van der Waals surface area contributed by atoms with E-state index in [1.807, 2.05) is 13.8 Å². The number of aromatic nitrogens is 2. The van der Waals surface area contributed by atoms with Gasteiger partial charge in [0.15, 0.2) is 0 Å². The summed E-state index contributed by atoms with van der Waals surface area (Å²) in [5.74, 6) is -4.60. The van der Waals surface area contributed by atoms with Gasteiger partial charge in [0.2, 0.25) is 29.5 Å². The molecule has 1 heterocycles. The van der Waals surface area contributed by atoms with Crippen molar-refractivity contribution in [3.63, 3.8) is 0 Å². The molecule has 1 rings (SSSR count). The van der Waals surface area contributed by atoms with Crippen LogP contribution in [0.2, 0.25) is 0 Å². The lowest BCUT2D eigenvalue weighted by atomic mass is 10.0. The number of nitrogens with zero attached hydrogens (tertiary/aromatic N) is 1. The van der Waals surface area contributed by atoms with Crippen molar-refractivity contribution in [2.45, 2.75) is 63.9 Å². The van der Waals surface area contributed by atoms with Gasteiger partial charge >= 0.3 is 7.82 Å². The number of carbonyl (C=O) groups is 5. The van der Waals surface area contributed by atoms with E-state index in [0.717, 1.165) is 6.92 Å². The molecule has 0 aliphatic carbocycles. The van der Waals surface area contributed by atoms with Crippen LogP contribution in [0.5, 0.6) is 0 Å². The first-order valence-electron chi connectivity index (χ1n) is 12.1. The molecule has 0 saturated heterocycles. The second-order valence-electron chi connectivity index (χ2n) is 9.23. The number of primary amides is 1. The first kappa shape index (κ1) is 34.6. The normalized spacial score (nSPS) is 15.3. The zero-order valence-corrected chi connectivity index (χ0v) is 23.1. The minimum absolute atomic E-state index is 0.0219. The SMILES string of the molecule is CC(C)C[C@H](NC(=O)CN)C(=O)N[C@@H](Cc1cnc[nH]1)C(=O)N[C@@H](CO)C(=O)N[C@H](C(N)=O)[C@@H](C)OP(=O)(O)O. The maximum Gasteiger partial charge on any atom is 0.469 e. The van der Waals surface area contributed by atoms with Crippen molar-refractivity contribution in [2.75, 3.05) is 13.2 Å². The van der Waals surface area contributed by atoms with E-state index >= 15 is 0 Å². The van der Waals surface area contributed by atoms with Crippen LogP contribution in [0.25, 0.3) is 0 Å². The molecule has 1 aromatic rings. The number of H-pyrrole nitrogens is 1. The summed E-state index contributed by atoms with van der Waals surface area (Å²) in [6.45, 7) is 3.37. The number of aromatic amines is 1. The third-order valence-electron chi connectivity index (χ3n) is 5.35. The largest absolute Gasteiger partial charge is 0.469 e. The fourth-order valence-corrected chi connectivity index (χ4v) is 4.03. The minimum Gasteiger partial charge on any atom is -0.394 e. The zero-order valence-electron chi connectivity index (χ0n) is 22.2. The molecular formula is C21H37N8O10P. The number of aliphatic hydroxyl groups excluding tert-OH is 1. The number of imidazole rings is 1. The highest BCUT2D eigenvalue weighted by Gasteiger charge is 2.34. The Morgan fingerprint density at radius 1 is 1.00 bits per heavy atom. The standard InChI is InChI=1S/C21H37N8O10P/c1-10(2)4-13(26-16(31)6-22)19(33)27-14(5-12-7-24-9-25-12)20(34)28-15(8-30)21(35)29-17(18(23)32)11(3)39-40(36,37)38/h7,9-11,13-15,17,30H,4-6,8,22H2,1-3H3,(H2,23,32)(H,24,25)(H,26,31)(H,27,33)(H,28,34)(H,29,35)(H2,36,37,38)/t11-,13+,14+,15+,17+/m1/s1. The number of nitrogens with one attached hydrogen (secondary N) is 5. The quantitative estimate of drug-likeness (QED) is 0.0771. The molecule has 12 N–H and O–H groups in total. The predicted octanol–water partition coefficient (Wildman–Crippen LogP) is -4.13. The highest BCUT2D eigenvalue weighted by molar-refractivity contribution is 7.46. The molecule has 0 aliphatic heterocycles. The van der Waals surface area contributed by atoms with Crippen molar-refractivity contribution >= 4 is 37.4 Å². The van der Waals surface area contributed by atoms with E-state index in [2.05, 4.69) is 35.8 Å². The van der Waals surface area contributed by atoms with E-state index in [4.69, 9.17) is 21.3 Å². The van der Waals surface area contributed by atoms with Crippen LogP contribution in [-0.2, 0) is 39.5 Å². The van der Waals surface area contributed by atoms with Crippen molar-refractivity contribution < 1.29 is 48.0 Å². The van der Waals surface area contributed by atoms with Crippen molar-refractivity contribution in [3.8, 4) is 0 Å². The molecule has 40 heavy (non-hydrogen) atoms. The second kappa shape index (κ2) is 16.0.